The van der Waals surface area contributed by atoms with E-state index in [-0.39, 0.29) is 16.7 Å². The Labute approximate surface area is 137 Å². The molecule has 0 saturated carbocycles. The standard InChI is InChI=1S/C13H13Cl2NO2S2/c1-3-16(2)13(18)11(20-7-19)5-8-4-9(14)6-10(15)12(8)17/h4-7,17H,3H2,1-2H3/b11-5-. The molecule has 3 nitrogen and oxygen atoms in total. The summed E-state index contributed by atoms with van der Waals surface area (Å²) in [5.74, 6) is -0.306. The van der Waals surface area contributed by atoms with Crippen LogP contribution in [0.5, 0.6) is 5.75 Å². The molecular formula is C13H13Cl2NO2S2. The van der Waals surface area contributed by atoms with Crippen LogP contribution < -0.4 is 0 Å². The summed E-state index contributed by atoms with van der Waals surface area (Å²) in [5, 5.41) is 10.4. The summed E-state index contributed by atoms with van der Waals surface area (Å²) in [4.78, 5) is 14.1. The van der Waals surface area contributed by atoms with Gasteiger partial charge in [0.25, 0.3) is 5.91 Å². The number of carbonyl (C=O) groups is 1. The van der Waals surface area contributed by atoms with Gasteiger partial charge in [-0.05, 0) is 25.1 Å². The molecule has 0 aliphatic heterocycles. The van der Waals surface area contributed by atoms with Gasteiger partial charge in [0, 0.05) is 28.9 Å². The summed E-state index contributed by atoms with van der Waals surface area (Å²) in [7, 11) is 1.69. The van der Waals surface area contributed by atoms with Crippen LogP contribution in [-0.4, -0.2) is 34.2 Å². The zero-order valence-electron chi connectivity index (χ0n) is 10.9. The summed E-state index contributed by atoms with van der Waals surface area (Å²) in [6, 6.07) is 2.97. The van der Waals surface area contributed by atoms with Gasteiger partial charge in [0.15, 0.2) is 0 Å². The maximum Gasteiger partial charge on any atom is 0.260 e. The largest absolute Gasteiger partial charge is 0.506 e. The first-order valence-electron chi connectivity index (χ1n) is 5.66. The van der Waals surface area contributed by atoms with Gasteiger partial charge >= 0.3 is 0 Å². The van der Waals surface area contributed by atoms with Gasteiger partial charge in [0.05, 0.1) is 9.93 Å². The number of likely N-dealkylation sites (N-methyl/N-ethyl adjacent to an activating group) is 1. The predicted molar refractivity (Wildman–Crippen MR) is 90.7 cm³/mol. The Morgan fingerprint density at radius 3 is 2.70 bits per heavy atom. The van der Waals surface area contributed by atoms with Crippen LogP contribution in [0, 0.1) is 0 Å². The second-order valence-corrected chi connectivity index (χ2v) is 6.16. The summed E-state index contributed by atoms with van der Waals surface area (Å²) >= 11 is 17.6. The number of phenols is 1. The molecule has 0 atom stereocenters. The molecule has 0 aromatic heterocycles. The minimum Gasteiger partial charge on any atom is -0.506 e. The van der Waals surface area contributed by atoms with Crippen LogP contribution in [0.4, 0.5) is 0 Å². The Bertz CT molecular complexity index is 562. The molecular weight excluding hydrogens is 337 g/mol. The molecule has 0 spiro atoms. The summed E-state index contributed by atoms with van der Waals surface area (Å²) in [6.07, 6.45) is 1.52. The van der Waals surface area contributed by atoms with Crippen LogP contribution in [0.15, 0.2) is 17.0 Å². The lowest BCUT2D eigenvalue weighted by atomic mass is 10.2. The highest BCUT2D eigenvalue weighted by Crippen LogP contribution is 2.33. The lowest BCUT2D eigenvalue weighted by Crippen LogP contribution is -2.26. The maximum absolute atomic E-state index is 12.2. The molecule has 1 N–H and O–H groups in total. The number of carbonyl (C=O) groups excluding carboxylic acids is 1. The van der Waals surface area contributed by atoms with Gasteiger partial charge in [-0.2, -0.15) is 0 Å². The smallest absolute Gasteiger partial charge is 0.260 e. The van der Waals surface area contributed by atoms with E-state index in [0.717, 1.165) is 11.8 Å². The fourth-order valence-corrected chi connectivity index (χ4v) is 2.74. The van der Waals surface area contributed by atoms with Crippen molar-refractivity contribution in [1.82, 2.24) is 4.90 Å². The molecule has 0 fully saturated rings. The molecule has 0 bridgehead atoms. The van der Waals surface area contributed by atoms with E-state index in [2.05, 4.69) is 0 Å². The Kier molecular flexibility index (Phi) is 6.82. The quantitative estimate of drug-likeness (QED) is 0.638. The zero-order valence-corrected chi connectivity index (χ0v) is 14.0. The van der Waals surface area contributed by atoms with Crippen molar-refractivity contribution < 1.29 is 9.90 Å². The van der Waals surface area contributed by atoms with Gasteiger partial charge < -0.3 is 10.0 Å². The lowest BCUT2D eigenvalue weighted by Gasteiger charge is -2.15. The van der Waals surface area contributed by atoms with Crippen LogP contribution in [-0.2, 0) is 4.79 Å². The molecule has 1 aromatic carbocycles. The van der Waals surface area contributed by atoms with E-state index >= 15 is 0 Å². The highest BCUT2D eigenvalue weighted by Gasteiger charge is 2.15. The number of rotatable bonds is 5. The number of hydrogen-bond donors (Lipinski definition) is 1. The number of halogens is 2. The predicted octanol–water partition coefficient (Wildman–Crippen LogP) is 4.21. The van der Waals surface area contributed by atoms with E-state index in [1.165, 1.54) is 22.9 Å². The third-order valence-electron chi connectivity index (χ3n) is 2.55. The minimum absolute atomic E-state index is 0.120. The highest BCUT2D eigenvalue weighted by molar-refractivity contribution is 8.24. The maximum atomic E-state index is 12.2. The van der Waals surface area contributed by atoms with Gasteiger partial charge in [-0.15, -0.1) is 0 Å². The zero-order chi connectivity index (χ0) is 15.3. The molecule has 0 radical (unpaired) electrons. The van der Waals surface area contributed by atoms with E-state index in [1.54, 1.807) is 11.9 Å². The van der Waals surface area contributed by atoms with Gasteiger partial charge in [0.1, 0.15) is 5.75 Å². The molecule has 0 heterocycles. The van der Waals surface area contributed by atoms with E-state index in [1.807, 2.05) is 6.92 Å². The third-order valence-corrected chi connectivity index (χ3v) is 3.99. The van der Waals surface area contributed by atoms with Crippen LogP contribution in [0.2, 0.25) is 10.0 Å². The fraction of sp³-hybridized carbons (Fsp3) is 0.231. The molecule has 108 valence electrons. The van der Waals surface area contributed by atoms with Crippen LogP contribution in [0.1, 0.15) is 12.5 Å². The summed E-state index contributed by atoms with van der Waals surface area (Å²) < 4.78 is 1.39. The second kappa shape index (κ2) is 7.88. The van der Waals surface area contributed by atoms with Crippen molar-refractivity contribution in [2.75, 3.05) is 13.6 Å². The SMILES string of the molecule is CCN(C)C(=O)/C(=C/c1cc(Cl)cc(Cl)c1O)SC=S. The topological polar surface area (TPSA) is 40.5 Å². The summed E-state index contributed by atoms with van der Waals surface area (Å²) in [6.45, 7) is 2.43. The average molecular weight is 350 g/mol. The van der Waals surface area contributed by atoms with Crippen LogP contribution in [0.25, 0.3) is 6.08 Å². The molecule has 1 aromatic rings. The van der Waals surface area contributed by atoms with Gasteiger partial charge in [-0.25, -0.2) is 0 Å². The number of aromatic hydroxyl groups is 1. The number of thioether (sulfide) groups is 1. The van der Waals surface area contributed by atoms with Crippen molar-refractivity contribution >= 4 is 63.9 Å². The molecule has 7 heteroatoms. The molecule has 20 heavy (non-hydrogen) atoms. The Morgan fingerprint density at radius 2 is 2.15 bits per heavy atom. The molecule has 0 aliphatic rings. The Hall–Kier alpha value is -0.750. The minimum atomic E-state index is -0.186. The first-order valence-corrected chi connectivity index (χ1v) is 7.76. The number of benzene rings is 1. The van der Waals surface area contributed by atoms with E-state index < -0.39 is 0 Å². The van der Waals surface area contributed by atoms with E-state index in [4.69, 9.17) is 35.4 Å². The molecule has 0 saturated heterocycles. The van der Waals surface area contributed by atoms with Crippen LogP contribution >= 0.6 is 47.2 Å². The second-order valence-electron chi connectivity index (χ2n) is 3.87. The van der Waals surface area contributed by atoms with Crippen molar-refractivity contribution in [1.29, 1.82) is 0 Å². The number of amides is 1. The first kappa shape index (κ1) is 17.3. The molecule has 1 rings (SSSR count). The normalized spacial score (nSPS) is 11.3. The fourth-order valence-electron chi connectivity index (χ4n) is 1.37. The van der Waals surface area contributed by atoms with Gasteiger partial charge in [-0.1, -0.05) is 47.2 Å². The van der Waals surface area contributed by atoms with E-state index in [9.17, 15) is 9.90 Å². The van der Waals surface area contributed by atoms with Crippen molar-refractivity contribution in [2.45, 2.75) is 6.92 Å². The van der Waals surface area contributed by atoms with Crippen molar-refractivity contribution in [2.24, 2.45) is 0 Å². The molecule has 1 amide bonds. The first-order chi connectivity index (χ1) is 9.40. The Balaban J connectivity index is 3.27. The summed E-state index contributed by atoms with van der Waals surface area (Å²) in [5.41, 5.74) is 0.375. The molecule has 0 aliphatic carbocycles. The number of hydrogen-bond acceptors (Lipinski definition) is 4. The number of nitrogens with zero attached hydrogens (tertiary/aromatic N) is 1. The number of phenolic OH excluding ortho intramolecular Hbond substituents is 1. The van der Waals surface area contributed by atoms with Crippen molar-refractivity contribution in [3.8, 4) is 5.75 Å². The Morgan fingerprint density at radius 1 is 1.50 bits per heavy atom. The van der Waals surface area contributed by atoms with E-state index in [0.29, 0.717) is 22.0 Å². The monoisotopic (exact) mass is 349 g/mol. The lowest BCUT2D eigenvalue weighted by molar-refractivity contribution is -0.124. The average Bonchev–Trinajstić information content (AvgIpc) is 2.41. The third kappa shape index (κ3) is 4.38. The number of thiocarbonyl (C=S) groups is 1. The van der Waals surface area contributed by atoms with Crippen molar-refractivity contribution in [3.05, 3.63) is 32.6 Å². The van der Waals surface area contributed by atoms with Gasteiger partial charge in [0.2, 0.25) is 0 Å². The van der Waals surface area contributed by atoms with Crippen molar-refractivity contribution in [3.63, 3.8) is 0 Å². The van der Waals surface area contributed by atoms with Gasteiger partial charge in [-0.3, -0.25) is 4.79 Å². The van der Waals surface area contributed by atoms with Crippen LogP contribution in [0.3, 0.4) is 0 Å². The molecule has 0 unspecified atom stereocenters. The highest BCUT2D eigenvalue weighted by atomic mass is 35.5.